The molecule has 0 N–H and O–H groups in total. The van der Waals surface area contributed by atoms with Crippen molar-refractivity contribution in [2.24, 2.45) is 0 Å². The van der Waals surface area contributed by atoms with Crippen molar-refractivity contribution in [3.05, 3.63) is 93.5 Å². The Morgan fingerprint density at radius 3 is 0.951 bits per heavy atom. The van der Waals surface area contributed by atoms with Gasteiger partial charge >= 0.3 is 0 Å². The smallest absolute Gasteiger partial charge is 0.0232 e. The molecule has 0 amide bonds. The van der Waals surface area contributed by atoms with Crippen LogP contribution >= 0.6 is 35.3 Å². The van der Waals surface area contributed by atoms with E-state index in [4.69, 9.17) is 0 Å². The van der Waals surface area contributed by atoms with Crippen LogP contribution in [0.25, 0.3) is 0 Å². The zero-order valence-electron chi connectivity index (χ0n) is 28.0. The molecule has 3 aromatic rings. The summed E-state index contributed by atoms with van der Waals surface area (Å²) >= 11 is 5.86. The van der Waals surface area contributed by atoms with Gasteiger partial charge in [-0.15, -0.1) is 23.5 Å². The van der Waals surface area contributed by atoms with Gasteiger partial charge in [0.25, 0.3) is 0 Å². The maximum atomic E-state index is 2.43. The topological polar surface area (TPSA) is 0 Å². The number of rotatable bonds is 8. The van der Waals surface area contributed by atoms with Gasteiger partial charge in [-0.2, -0.15) is 11.8 Å². The van der Waals surface area contributed by atoms with E-state index in [0.717, 1.165) is 17.3 Å². The Kier molecular flexibility index (Phi) is 11.0. The maximum absolute atomic E-state index is 2.43. The highest BCUT2D eigenvalue weighted by Crippen LogP contribution is 2.36. The van der Waals surface area contributed by atoms with Crippen molar-refractivity contribution < 1.29 is 0 Å². The monoisotopic (exact) mass is 606 g/mol. The molecule has 0 spiro atoms. The number of hydrogen-bond donors (Lipinski definition) is 0. The molecule has 0 saturated heterocycles. The molecule has 3 aromatic carbocycles. The first-order chi connectivity index (χ1) is 18.8. The van der Waals surface area contributed by atoms with Crippen LogP contribution in [0.2, 0.25) is 0 Å². The van der Waals surface area contributed by atoms with Crippen LogP contribution in [0.4, 0.5) is 0 Å². The summed E-state index contributed by atoms with van der Waals surface area (Å²) in [6.07, 6.45) is 2.20. The molecule has 0 saturated carbocycles. The van der Waals surface area contributed by atoms with Gasteiger partial charge in [0.1, 0.15) is 0 Å². The van der Waals surface area contributed by atoms with E-state index in [0.29, 0.717) is 0 Å². The van der Waals surface area contributed by atoms with Crippen molar-refractivity contribution in [2.45, 2.75) is 132 Å². The van der Waals surface area contributed by atoms with Gasteiger partial charge in [0.15, 0.2) is 0 Å². The molecular weight excluding hydrogens is 553 g/mol. The van der Waals surface area contributed by atoms with Crippen molar-refractivity contribution in [1.82, 2.24) is 0 Å². The fourth-order valence-electron chi connectivity index (χ4n) is 4.66. The first-order valence-electron chi connectivity index (χ1n) is 14.9. The summed E-state index contributed by atoms with van der Waals surface area (Å²) < 4.78 is 0. The molecule has 3 rings (SSSR count). The van der Waals surface area contributed by atoms with Crippen molar-refractivity contribution in [3.63, 3.8) is 0 Å². The largest absolute Gasteiger partial charge is 0.161 e. The van der Waals surface area contributed by atoms with Gasteiger partial charge in [-0.1, -0.05) is 119 Å². The number of hydrogen-bond acceptors (Lipinski definition) is 3. The van der Waals surface area contributed by atoms with E-state index < -0.39 is 0 Å². The third-order valence-corrected chi connectivity index (χ3v) is 10.2. The highest BCUT2D eigenvalue weighted by molar-refractivity contribution is 7.99. The van der Waals surface area contributed by atoms with Gasteiger partial charge in [0.2, 0.25) is 0 Å². The molecule has 0 fully saturated rings. The SMILES string of the molecule is CSCc1cc(SCc2cc(C(C)(C)C)cc(C(C)(C)C)c2)cc(SCc2cc(C(C)(C)C)cc(C(C)(C)C)c2)c1. The van der Waals surface area contributed by atoms with Crippen LogP contribution in [0, 0.1) is 0 Å². The number of benzene rings is 3. The van der Waals surface area contributed by atoms with Crippen molar-refractivity contribution in [2.75, 3.05) is 6.26 Å². The normalized spacial score (nSPS) is 13.1. The van der Waals surface area contributed by atoms with Gasteiger partial charge in [0, 0.05) is 27.0 Å². The van der Waals surface area contributed by atoms with E-state index in [1.54, 1.807) is 0 Å². The highest BCUT2D eigenvalue weighted by atomic mass is 32.2. The van der Waals surface area contributed by atoms with Crippen LogP contribution in [0.15, 0.2) is 64.4 Å². The second-order valence-corrected chi connectivity index (χ2v) is 18.6. The van der Waals surface area contributed by atoms with Gasteiger partial charge in [-0.3, -0.25) is 0 Å². The summed E-state index contributed by atoms with van der Waals surface area (Å²) in [6.45, 7) is 27.9. The van der Waals surface area contributed by atoms with Crippen molar-refractivity contribution in [3.8, 4) is 0 Å². The van der Waals surface area contributed by atoms with Crippen LogP contribution in [0.5, 0.6) is 0 Å². The zero-order chi connectivity index (χ0) is 30.8. The Bertz CT molecular complexity index is 1160. The number of thioether (sulfide) groups is 3. The van der Waals surface area contributed by atoms with Crippen molar-refractivity contribution in [1.29, 1.82) is 0 Å². The minimum absolute atomic E-state index is 0.139. The lowest BCUT2D eigenvalue weighted by Gasteiger charge is -2.26. The molecular formula is C38H54S3. The molecule has 0 aromatic heterocycles. The molecule has 0 unspecified atom stereocenters. The zero-order valence-corrected chi connectivity index (χ0v) is 30.5. The van der Waals surface area contributed by atoms with E-state index in [9.17, 15) is 0 Å². The summed E-state index contributed by atoms with van der Waals surface area (Å²) in [7, 11) is 0. The first-order valence-corrected chi connectivity index (χ1v) is 18.3. The molecule has 3 heteroatoms. The first kappa shape index (κ1) is 34.2. The van der Waals surface area contributed by atoms with Crippen molar-refractivity contribution >= 4 is 35.3 Å². The van der Waals surface area contributed by atoms with E-state index in [-0.39, 0.29) is 21.7 Å². The minimum atomic E-state index is 0.139. The second kappa shape index (κ2) is 13.1. The molecule has 41 heavy (non-hydrogen) atoms. The standard InChI is InChI=1S/C38H54S3/c1-35(2,3)29-14-26(15-30(20-29)36(4,5)6)24-40-33-18-28(23-39-13)19-34(22-33)41-25-27-16-31(37(7,8)9)21-32(17-27)38(10,11)12/h14-22H,23-25H2,1-13H3. The predicted octanol–water partition coefficient (Wildman–Crippen LogP) is 12.3. The third-order valence-electron chi connectivity index (χ3n) is 7.51. The molecule has 0 nitrogen and oxygen atoms in total. The second-order valence-electron chi connectivity index (χ2n) is 15.7. The molecule has 0 bridgehead atoms. The molecule has 0 aliphatic heterocycles. The fraction of sp³-hybridized carbons (Fsp3) is 0.526. The van der Waals surface area contributed by atoms with E-state index in [1.165, 1.54) is 48.7 Å². The van der Waals surface area contributed by atoms with Crippen LogP contribution in [-0.2, 0) is 38.9 Å². The predicted molar refractivity (Wildman–Crippen MR) is 190 cm³/mol. The summed E-state index contributed by atoms with van der Waals surface area (Å²) in [4.78, 5) is 2.74. The van der Waals surface area contributed by atoms with E-state index in [2.05, 4.69) is 144 Å². The van der Waals surface area contributed by atoms with Gasteiger partial charge in [-0.25, -0.2) is 0 Å². The average molecular weight is 607 g/mol. The molecule has 0 radical (unpaired) electrons. The summed E-state index contributed by atoms with van der Waals surface area (Å²) in [5, 5.41) is 0. The lowest BCUT2D eigenvalue weighted by atomic mass is 9.80. The van der Waals surface area contributed by atoms with Gasteiger partial charge < -0.3 is 0 Å². The Morgan fingerprint density at radius 1 is 0.390 bits per heavy atom. The van der Waals surface area contributed by atoms with Crippen LogP contribution < -0.4 is 0 Å². The van der Waals surface area contributed by atoms with Crippen LogP contribution in [0.3, 0.4) is 0 Å². The Hall–Kier alpha value is -1.29. The van der Waals surface area contributed by atoms with Crippen LogP contribution in [-0.4, -0.2) is 6.26 Å². The molecule has 0 heterocycles. The average Bonchev–Trinajstić information content (AvgIpc) is 2.84. The summed E-state index contributed by atoms with van der Waals surface area (Å²) in [5.74, 6) is 3.02. The lowest BCUT2D eigenvalue weighted by molar-refractivity contribution is 0.567. The van der Waals surface area contributed by atoms with Gasteiger partial charge in [0.05, 0.1) is 0 Å². The molecule has 0 atom stereocenters. The Balaban J connectivity index is 1.88. The van der Waals surface area contributed by atoms with E-state index in [1.807, 2.05) is 35.3 Å². The fourth-order valence-corrected chi connectivity index (χ4v) is 7.13. The van der Waals surface area contributed by atoms with Crippen LogP contribution in [0.1, 0.15) is 122 Å². The Labute approximate surface area is 265 Å². The minimum Gasteiger partial charge on any atom is -0.161 e. The van der Waals surface area contributed by atoms with Gasteiger partial charge in [-0.05, 0) is 85.1 Å². The summed E-state index contributed by atoms with van der Waals surface area (Å²) in [5.41, 5.74) is 10.5. The molecule has 0 aliphatic rings. The third kappa shape index (κ3) is 10.1. The summed E-state index contributed by atoms with van der Waals surface area (Å²) in [6, 6.07) is 21.8. The quantitative estimate of drug-likeness (QED) is 0.234. The molecule has 224 valence electrons. The highest BCUT2D eigenvalue weighted by Gasteiger charge is 2.22. The lowest BCUT2D eigenvalue weighted by Crippen LogP contribution is -2.17. The molecule has 0 aliphatic carbocycles. The Morgan fingerprint density at radius 2 is 0.683 bits per heavy atom. The maximum Gasteiger partial charge on any atom is 0.0232 e. The van der Waals surface area contributed by atoms with E-state index >= 15 is 0 Å².